The van der Waals surface area contributed by atoms with E-state index in [4.69, 9.17) is 14.2 Å². The van der Waals surface area contributed by atoms with E-state index in [9.17, 15) is 14.4 Å². The second-order valence-corrected chi connectivity index (χ2v) is 21.6. The maximum atomic E-state index is 12.8. The molecule has 6 nitrogen and oxygen atoms in total. The van der Waals surface area contributed by atoms with E-state index in [2.05, 4.69) is 81.5 Å². The number of carbonyl (C=O) groups is 3. The van der Waals surface area contributed by atoms with Crippen LogP contribution in [0.5, 0.6) is 0 Å². The molecular weight excluding hydrogens is 913 g/mol. The maximum Gasteiger partial charge on any atom is 0.306 e. The van der Waals surface area contributed by atoms with Crippen LogP contribution < -0.4 is 0 Å². The summed E-state index contributed by atoms with van der Waals surface area (Å²) in [6.07, 6.45) is 79.9. The predicted molar refractivity (Wildman–Crippen MR) is 321 cm³/mol. The zero-order valence-corrected chi connectivity index (χ0v) is 49.4. The molecule has 0 aromatic carbocycles. The summed E-state index contributed by atoms with van der Waals surface area (Å²) in [5, 5.41) is 0. The number of carbonyl (C=O) groups excluding carboxylic acids is 3. The number of unbranched alkanes of at least 4 members (excludes halogenated alkanes) is 38. The molecule has 74 heavy (non-hydrogen) atoms. The van der Waals surface area contributed by atoms with Crippen LogP contribution in [0, 0.1) is 0 Å². The first kappa shape index (κ1) is 71.1. The van der Waals surface area contributed by atoms with Gasteiger partial charge in [-0.1, -0.05) is 293 Å². The summed E-state index contributed by atoms with van der Waals surface area (Å²) in [5.41, 5.74) is 0. The summed E-state index contributed by atoms with van der Waals surface area (Å²) in [6, 6.07) is 0. The number of hydrogen-bond acceptors (Lipinski definition) is 6. The van der Waals surface area contributed by atoms with Crippen LogP contribution in [0.3, 0.4) is 0 Å². The Kier molecular flexibility index (Phi) is 60.2. The van der Waals surface area contributed by atoms with Crippen molar-refractivity contribution in [1.29, 1.82) is 0 Å². The van der Waals surface area contributed by atoms with Gasteiger partial charge in [-0.15, -0.1) is 0 Å². The lowest BCUT2D eigenvalue weighted by Gasteiger charge is -2.18. The van der Waals surface area contributed by atoms with Crippen LogP contribution in [0.15, 0.2) is 60.8 Å². The first-order chi connectivity index (χ1) is 36.5. The number of ether oxygens (including phenoxy) is 3. The van der Waals surface area contributed by atoms with Crippen molar-refractivity contribution < 1.29 is 28.6 Å². The largest absolute Gasteiger partial charge is 0.462 e. The molecule has 0 N–H and O–H groups in total. The number of esters is 3. The van der Waals surface area contributed by atoms with Crippen molar-refractivity contribution in [3.63, 3.8) is 0 Å². The molecule has 6 heteroatoms. The summed E-state index contributed by atoms with van der Waals surface area (Å²) in [7, 11) is 0. The van der Waals surface area contributed by atoms with Crippen LogP contribution in [0.25, 0.3) is 0 Å². The summed E-state index contributed by atoms with van der Waals surface area (Å²) in [5.74, 6) is -0.871. The molecule has 0 aliphatic carbocycles. The van der Waals surface area contributed by atoms with Crippen molar-refractivity contribution in [3.05, 3.63) is 60.8 Å². The van der Waals surface area contributed by atoms with Gasteiger partial charge in [0.05, 0.1) is 0 Å². The van der Waals surface area contributed by atoms with Gasteiger partial charge in [-0.05, 0) is 83.5 Å². The topological polar surface area (TPSA) is 78.9 Å². The van der Waals surface area contributed by atoms with E-state index < -0.39 is 6.10 Å². The molecule has 0 spiro atoms. The van der Waals surface area contributed by atoms with E-state index in [1.54, 1.807) is 0 Å². The molecular formula is C68H122O6. The van der Waals surface area contributed by atoms with E-state index >= 15 is 0 Å². The smallest absolute Gasteiger partial charge is 0.306 e. The van der Waals surface area contributed by atoms with E-state index in [-0.39, 0.29) is 31.1 Å². The molecule has 0 saturated heterocycles. The number of allylic oxidation sites excluding steroid dienone is 10. The highest BCUT2D eigenvalue weighted by Gasteiger charge is 2.19. The highest BCUT2D eigenvalue weighted by molar-refractivity contribution is 5.71. The van der Waals surface area contributed by atoms with Crippen molar-refractivity contribution in [3.8, 4) is 0 Å². The van der Waals surface area contributed by atoms with Crippen molar-refractivity contribution in [2.45, 2.75) is 341 Å². The predicted octanol–water partition coefficient (Wildman–Crippen LogP) is 21.9. The van der Waals surface area contributed by atoms with Crippen molar-refractivity contribution in [2.75, 3.05) is 13.2 Å². The van der Waals surface area contributed by atoms with E-state index in [1.165, 1.54) is 212 Å². The van der Waals surface area contributed by atoms with Crippen LogP contribution in [0.2, 0.25) is 0 Å². The Morgan fingerprint density at radius 2 is 0.527 bits per heavy atom. The van der Waals surface area contributed by atoms with Gasteiger partial charge in [0.25, 0.3) is 0 Å². The van der Waals surface area contributed by atoms with Gasteiger partial charge in [0.2, 0.25) is 0 Å². The fourth-order valence-corrected chi connectivity index (χ4v) is 9.43. The van der Waals surface area contributed by atoms with Gasteiger partial charge in [0.1, 0.15) is 13.2 Å². The monoisotopic (exact) mass is 1030 g/mol. The molecule has 0 bridgehead atoms. The standard InChI is InChI=1S/C68H122O6/c1-4-7-10-13-16-18-20-22-24-26-28-30-32-33-34-35-37-38-40-42-44-46-48-50-52-55-58-61-67(70)73-64-65(63-72-66(69)60-57-54-15-12-9-6-3)74-68(71)62-59-56-53-51-49-47-45-43-41-39-36-31-29-27-25-23-21-19-17-14-11-8-5-2/h8,11,17,19,23,25-26,28-29,31,65H,4-7,9-10,12-16,18,20-22,24,27,30,32-64H2,1-3H3/b11-8-,19-17-,25-23-,28-26-,31-29-. The Hall–Kier alpha value is -2.89. The lowest BCUT2D eigenvalue weighted by atomic mass is 10.0. The van der Waals surface area contributed by atoms with Gasteiger partial charge in [-0.2, -0.15) is 0 Å². The minimum atomic E-state index is -0.773. The molecule has 0 amide bonds. The summed E-state index contributed by atoms with van der Waals surface area (Å²) < 4.78 is 16.8. The Morgan fingerprint density at radius 1 is 0.284 bits per heavy atom. The molecule has 0 fully saturated rings. The van der Waals surface area contributed by atoms with E-state index in [1.807, 2.05) is 0 Å². The summed E-state index contributed by atoms with van der Waals surface area (Å²) in [6.45, 7) is 6.51. The molecule has 1 unspecified atom stereocenters. The van der Waals surface area contributed by atoms with Gasteiger partial charge >= 0.3 is 17.9 Å². The van der Waals surface area contributed by atoms with Crippen LogP contribution in [0.4, 0.5) is 0 Å². The zero-order valence-electron chi connectivity index (χ0n) is 49.4. The van der Waals surface area contributed by atoms with Crippen molar-refractivity contribution in [2.24, 2.45) is 0 Å². The van der Waals surface area contributed by atoms with Gasteiger partial charge in [-0.25, -0.2) is 0 Å². The summed E-state index contributed by atoms with van der Waals surface area (Å²) >= 11 is 0. The van der Waals surface area contributed by atoms with Gasteiger partial charge < -0.3 is 14.2 Å². The molecule has 0 aromatic rings. The molecule has 0 aliphatic heterocycles. The van der Waals surface area contributed by atoms with E-state index in [0.29, 0.717) is 19.3 Å². The van der Waals surface area contributed by atoms with Crippen LogP contribution in [-0.2, 0) is 28.6 Å². The van der Waals surface area contributed by atoms with Crippen molar-refractivity contribution in [1.82, 2.24) is 0 Å². The highest BCUT2D eigenvalue weighted by atomic mass is 16.6. The molecule has 430 valence electrons. The molecule has 0 saturated carbocycles. The van der Waals surface area contributed by atoms with Crippen LogP contribution in [0.1, 0.15) is 335 Å². The lowest BCUT2D eigenvalue weighted by Crippen LogP contribution is -2.30. The van der Waals surface area contributed by atoms with Crippen LogP contribution >= 0.6 is 0 Å². The molecule has 0 heterocycles. The molecule has 1 atom stereocenters. The van der Waals surface area contributed by atoms with Gasteiger partial charge in [0, 0.05) is 19.3 Å². The molecule has 0 aromatic heterocycles. The minimum Gasteiger partial charge on any atom is -0.462 e. The van der Waals surface area contributed by atoms with Crippen LogP contribution in [-0.4, -0.2) is 37.2 Å². The number of rotatable bonds is 59. The van der Waals surface area contributed by atoms with E-state index in [0.717, 1.165) is 83.5 Å². The first-order valence-electron chi connectivity index (χ1n) is 32.3. The third-order valence-electron chi connectivity index (χ3n) is 14.3. The van der Waals surface area contributed by atoms with Gasteiger partial charge in [0.15, 0.2) is 6.10 Å². The first-order valence-corrected chi connectivity index (χ1v) is 32.3. The Morgan fingerprint density at radius 3 is 0.838 bits per heavy atom. The second kappa shape index (κ2) is 62.6. The fourth-order valence-electron chi connectivity index (χ4n) is 9.43. The Bertz CT molecular complexity index is 1330. The average molecular weight is 1040 g/mol. The highest BCUT2D eigenvalue weighted by Crippen LogP contribution is 2.17. The zero-order chi connectivity index (χ0) is 53.6. The van der Waals surface area contributed by atoms with Gasteiger partial charge in [-0.3, -0.25) is 14.4 Å². The third kappa shape index (κ3) is 60.0. The normalized spacial score (nSPS) is 12.4. The molecule has 0 aliphatic rings. The Labute approximate surface area is 460 Å². The third-order valence-corrected chi connectivity index (χ3v) is 14.3. The molecule has 0 radical (unpaired) electrons. The maximum absolute atomic E-state index is 12.8. The number of hydrogen-bond donors (Lipinski definition) is 0. The summed E-state index contributed by atoms with van der Waals surface area (Å²) in [4.78, 5) is 38.0. The molecule has 0 rings (SSSR count). The lowest BCUT2D eigenvalue weighted by molar-refractivity contribution is -0.167. The Balaban J connectivity index is 4.05. The average Bonchev–Trinajstić information content (AvgIpc) is 3.40. The minimum absolute atomic E-state index is 0.0728. The quantitative estimate of drug-likeness (QED) is 0.0261. The fraction of sp³-hybridized carbons (Fsp3) is 0.809. The second-order valence-electron chi connectivity index (χ2n) is 21.6. The van der Waals surface area contributed by atoms with Crippen molar-refractivity contribution >= 4 is 17.9 Å². The SMILES string of the molecule is CC/C=C\C/C=C\C/C=C\C/C=C\CCCCCCCCCCCCC(=O)OC(COC(=O)CCCCCCCC)COC(=O)CCCCCCCCCCCCCCCCC/C=C\CCCCCCCCCC.